The van der Waals surface area contributed by atoms with Crippen LogP contribution >= 0.6 is 0 Å². The van der Waals surface area contributed by atoms with Gasteiger partial charge in [-0.15, -0.1) is 0 Å². The van der Waals surface area contributed by atoms with Crippen LogP contribution in [0.2, 0.25) is 0 Å². The standard InChI is InChI=1S/C13H13N5O/c1-8-5-16-10(6-15-8)7-17-13-18-11-4-9(14)2-3-12(11)19-13/h2-6H,7,14H2,1H3,(H,17,18). The quantitative estimate of drug-likeness (QED) is 0.697. The molecule has 0 fully saturated rings. The van der Waals surface area contributed by atoms with Crippen molar-refractivity contribution in [3.05, 3.63) is 42.0 Å². The van der Waals surface area contributed by atoms with Gasteiger partial charge in [-0.05, 0) is 25.1 Å². The predicted molar refractivity (Wildman–Crippen MR) is 72.5 cm³/mol. The second-order valence-electron chi connectivity index (χ2n) is 4.25. The van der Waals surface area contributed by atoms with Gasteiger partial charge in [0.2, 0.25) is 0 Å². The molecule has 0 aliphatic heterocycles. The van der Waals surface area contributed by atoms with E-state index in [4.69, 9.17) is 10.2 Å². The molecule has 0 bridgehead atoms. The van der Waals surface area contributed by atoms with Gasteiger partial charge in [-0.2, -0.15) is 4.98 Å². The number of nitrogens with two attached hydrogens (primary N) is 1. The zero-order valence-corrected chi connectivity index (χ0v) is 10.4. The van der Waals surface area contributed by atoms with E-state index in [1.54, 1.807) is 30.6 Å². The van der Waals surface area contributed by atoms with Crippen LogP contribution in [-0.2, 0) is 6.54 Å². The molecule has 0 aliphatic carbocycles. The number of nitrogens with one attached hydrogen (secondary N) is 1. The molecule has 2 aromatic heterocycles. The largest absolute Gasteiger partial charge is 0.424 e. The normalized spacial score (nSPS) is 10.8. The number of fused-ring (bicyclic) bond motifs is 1. The lowest BCUT2D eigenvalue weighted by Crippen LogP contribution is -2.02. The minimum absolute atomic E-state index is 0.447. The summed E-state index contributed by atoms with van der Waals surface area (Å²) in [5.74, 6) is 0. The zero-order chi connectivity index (χ0) is 13.2. The SMILES string of the molecule is Cc1cnc(CNc2nc3cc(N)ccc3o2)cn1. The van der Waals surface area contributed by atoms with Gasteiger partial charge in [0.25, 0.3) is 6.01 Å². The minimum atomic E-state index is 0.447. The van der Waals surface area contributed by atoms with Gasteiger partial charge >= 0.3 is 0 Å². The Hall–Kier alpha value is -2.63. The maximum Gasteiger partial charge on any atom is 0.296 e. The molecule has 96 valence electrons. The maximum absolute atomic E-state index is 5.69. The first kappa shape index (κ1) is 11.5. The Bertz CT molecular complexity index is 705. The van der Waals surface area contributed by atoms with E-state index in [2.05, 4.69) is 20.3 Å². The van der Waals surface area contributed by atoms with E-state index >= 15 is 0 Å². The van der Waals surface area contributed by atoms with Crippen molar-refractivity contribution in [1.82, 2.24) is 15.0 Å². The topological polar surface area (TPSA) is 89.9 Å². The highest BCUT2D eigenvalue weighted by molar-refractivity contribution is 5.78. The van der Waals surface area contributed by atoms with E-state index in [0.29, 0.717) is 23.8 Å². The van der Waals surface area contributed by atoms with Crippen molar-refractivity contribution in [2.45, 2.75) is 13.5 Å². The second-order valence-corrected chi connectivity index (χ2v) is 4.25. The first-order chi connectivity index (χ1) is 9.20. The Morgan fingerprint density at radius 3 is 2.95 bits per heavy atom. The van der Waals surface area contributed by atoms with Crippen molar-refractivity contribution >= 4 is 22.8 Å². The molecule has 0 amide bonds. The van der Waals surface area contributed by atoms with Gasteiger partial charge in [-0.25, -0.2) is 0 Å². The third-order valence-electron chi connectivity index (χ3n) is 2.67. The third-order valence-corrected chi connectivity index (χ3v) is 2.67. The number of nitrogens with zero attached hydrogens (tertiary/aromatic N) is 3. The van der Waals surface area contributed by atoms with E-state index in [-0.39, 0.29) is 0 Å². The number of aromatic nitrogens is 3. The number of benzene rings is 1. The highest BCUT2D eigenvalue weighted by Crippen LogP contribution is 2.21. The molecule has 3 N–H and O–H groups in total. The molecule has 0 aliphatic rings. The summed E-state index contributed by atoms with van der Waals surface area (Å²) in [4.78, 5) is 12.7. The number of hydrogen-bond acceptors (Lipinski definition) is 6. The monoisotopic (exact) mass is 255 g/mol. The Morgan fingerprint density at radius 1 is 1.26 bits per heavy atom. The molecule has 0 saturated carbocycles. The molecule has 0 atom stereocenters. The molecule has 0 radical (unpaired) electrons. The molecule has 3 aromatic rings. The molecular formula is C13H13N5O. The lowest BCUT2D eigenvalue weighted by molar-refractivity contribution is 0.613. The molecule has 6 heteroatoms. The summed E-state index contributed by atoms with van der Waals surface area (Å²) < 4.78 is 5.54. The van der Waals surface area contributed by atoms with Crippen LogP contribution in [0.1, 0.15) is 11.4 Å². The number of hydrogen-bond donors (Lipinski definition) is 2. The number of nitrogen functional groups attached to an aromatic ring is 1. The molecule has 2 heterocycles. The van der Waals surface area contributed by atoms with Crippen molar-refractivity contribution in [1.29, 1.82) is 0 Å². The maximum atomic E-state index is 5.69. The van der Waals surface area contributed by atoms with Crippen molar-refractivity contribution in [3.63, 3.8) is 0 Å². The highest BCUT2D eigenvalue weighted by Gasteiger charge is 2.05. The Labute approximate surface area is 109 Å². The van der Waals surface area contributed by atoms with Gasteiger partial charge in [0.1, 0.15) is 5.52 Å². The van der Waals surface area contributed by atoms with Gasteiger partial charge in [0, 0.05) is 11.9 Å². The van der Waals surface area contributed by atoms with Gasteiger partial charge in [-0.3, -0.25) is 9.97 Å². The van der Waals surface area contributed by atoms with Gasteiger partial charge < -0.3 is 15.5 Å². The van der Waals surface area contributed by atoms with Crippen molar-refractivity contribution in [3.8, 4) is 0 Å². The first-order valence-corrected chi connectivity index (χ1v) is 5.88. The lowest BCUT2D eigenvalue weighted by Gasteiger charge is -2.00. The van der Waals surface area contributed by atoms with Crippen LogP contribution in [0.25, 0.3) is 11.1 Å². The van der Waals surface area contributed by atoms with E-state index in [9.17, 15) is 0 Å². The fourth-order valence-corrected chi connectivity index (χ4v) is 1.70. The average molecular weight is 255 g/mol. The van der Waals surface area contributed by atoms with Crippen molar-refractivity contribution < 1.29 is 4.42 Å². The summed E-state index contributed by atoms with van der Waals surface area (Å²) >= 11 is 0. The van der Waals surface area contributed by atoms with Gasteiger partial charge in [0.15, 0.2) is 5.58 Å². The second kappa shape index (κ2) is 4.56. The number of rotatable bonds is 3. The molecular weight excluding hydrogens is 242 g/mol. The third kappa shape index (κ3) is 2.47. The van der Waals surface area contributed by atoms with E-state index in [1.165, 1.54) is 0 Å². The molecule has 0 spiro atoms. The van der Waals surface area contributed by atoms with Crippen LogP contribution in [-0.4, -0.2) is 15.0 Å². The van der Waals surface area contributed by atoms with E-state index in [0.717, 1.165) is 16.9 Å². The molecule has 0 saturated heterocycles. The minimum Gasteiger partial charge on any atom is -0.424 e. The van der Waals surface area contributed by atoms with Crippen LogP contribution in [0.15, 0.2) is 35.0 Å². The average Bonchev–Trinajstić information content (AvgIpc) is 2.80. The lowest BCUT2D eigenvalue weighted by atomic mass is 10.3. The number of aryl methyl sites for hydroxylation is 1. The summed E-state index contributed by atoms with van der Waals surface area (Å²) in [5, 5.41) is 3.07. The molecule has 19 heavy (non-hydrogen) atoms. The summed E-state index contributed by atoms with van der Waals surface area (Å²) in [5.41, 5.74) is 9.51. The zero-order valence-electron chi connectivity index (χ0n) is 10.4. The summed E-state index contributed by atoms with van der Waals surface area (Å²) in [6.07, 6.45) is 3.45. The predicted octanol–water partition coefficient (Wildman–Crippen LogP) is 2.12. The number of oxazole rings is 1. The molecule has 3 rings (SSSR count). The Balaban J connectivity index is 1.76. The first-order valence-electron chi connectivity index (χ1n) is 5.88. The Morgan fingerprint density at radius 2 is 2.16 bits per heavy atom. The van der Waals surface area contributed by atoms with E-state index < -0.39 is 0 Å². The van der Waals surface area contributed by atoms with Crippen LogP contribution in [0, 0.1) is 6.92 Å². The summed E-state index contributed by atoms with van der Waals surface area (Å²) in [6, 6.07) is 5.80. The molecule has 0 unspecified atom stereocenters. The van der Waals surface area contributed by atoms with E-state index in [1.807, 2.05) is 6.92 Å². The Kier molecular flexibility index (Phi) is 2.75. The highest BCUT2D eigenvalue weighted by atomic mass is 16.4. The van der Waals surface area contributed by atoms with Crippen LogP contribution in [0.4, 0.5) is 11.7 Å². The fraction of sp³-hybridized carbons (Fsp3) is 0.154. The number of anilines is 2. The van der Waals surface area contributed by atoms with Crippen LogP contribution in [0.5, 0.6) is 0 Å². The molecule has 6 nitrogen and oxygen atoms in total. The smallest absolute Gasteiger partial charge is 0.296 e. The molecule has 1 aromatic carbocycles. The van der Waals surface area contributed by atoms with Crippen molar-refractivity contribution in [2.24, 2.45) is 0 Å². The summed E-state index contributed by atoms with van der Waals surface area (Å²) in [6.45, 7) is 2.41. The van der Waals surface area contributed by atoms with Crippen LogP contribution < -0.4 is 11.1 Å². The van der Waals surface area contributed by atoms with Gasteiger partial charge in [0.05, 0.1) is 24.1 Å². The summed E-state index contributed by atoms with van der Waals surface area (Å²) in [7, 11) is 0. The van der Waals surface area contributed by atoms with Gasteiger partial charge in [-0.1, -0.05) is 0 Å². The van der Waals surface area contributed by atoms with Crippen molar-refractivity contribution in [2.75, 3.05) is 11.1 Å². The fourth-order valence-electron chi connectivity index (χ4n) is 1.70. The van der Waals surface area contributed by atoms with Crippen LogP contribution in [0.3, 0.4) is 0 Å².